The topological polar surface area (TPSA) is 37.3 Å². The molecule has 2 saturated carbocycles. The Labute approximate surface area is 133 Å². The van der Waals surface area contributed by atoms with Crippen LogP contribution in [0.2, 0.25) is 0 Å². The standard InChI is InChI=1S/C20H28O2/c1-19-9-7-13(12-21)11-14(19)3-4-15-16-5-6-18(22)20(16,2)10-8-17(15)19/h3-4,11-13,15-18,22H,5-10H2,1-2H3/t13?,15-,16-,17-,18?,19-,20-/m0/s1. The third kappa shape index (κ3) is 1.79. The summed E-state index contributed by atoms with van der Waals surface area (Å²) in [7, 11) is 0. The Balaban J connectivity index is 1.72. The number of allylic oxidation sites excluding steroid dienone is 4. The molecule has 22 heavy (non-hydrogen) atoms. The van der Waals surface area contributed by atoms with Crippen LogP contribution in [-0.2, 0) is 4.79 Å². The van der Waals surface area contributed by atoms with Crippen molar-refractivity contribution in [2.24, 2.45) is 34.5 Å². The lowest BCUT2D eigenvalue weighted by Gasteiger charge is -2.56. The van der Waals surface area contributed by atoms with Crippen molar-refractivity contribution in [3.05, 3.63) is 23.8 Å². The highest BCUT2D eigenvalue weighted by molar-refractivity contribution is 5.58. The first kappa shape index (κ1) is 14.7. The van der Waals surface area contributed by atoms with E-state index in [1.165, 1.54) is 18.4 Å². The van der Waals surface area contributed by atoms with Gasteiger partial charge in [-0.05, 0) is 72.7 Å². The molecular formula is C20H28O2. The highest BCUT2D eigenvalue weighted by Crippen LogP contribution is 2.63. The largest absolute Gasteiger partial charge is 0.393 e. The lowest BCUT2D eigenvalue weighted by molar-refractivity contribution is -0.110. The fraction of sp³-hybridized carbons (Fsp3) is 0.750. The third-order valence-electron chi connectivity index (χ3n) is 7.82. The molecule has 4 aliphatic carbocycles. The summed E-state index contributed by atoms with van der Waals surface area (Å²) < 4.78 is 0. The van der Waals surface area contributed by atoms with Crippen LogP contribution in [0.15, 0.2) is 23.8 Å². The van der Waals surface area contributed by atoms with E-state index in [0.717, 1.165) is 32.0 Å². The van der Waals surface area contributed by atoms with Gasteiger partial charge in [-0.2, -0.15) is 0 Å². The van der Waals surface area contributed by atoms with Gasteiger partial charge < -0.3 is 9.90 Å². The lowest BCUT2D eigenvalue weighted by atomic mass is 9.49. The molecule has 0 aromatic heterocycles. The van der Waals surface area contributed by atoms with Crippen LogP contribution in [0.5, 0.6) is 0 Å². The smallest absolute Gasteiger partial charge is 0.126 e. The molecule has 0 aliphatic heterocycles. The quantitative estimate of drug-likeness (QED) is 0.746. The number of carbonyl (C=O) groups is 1. The van der Waals surface area contributed by atoms with Gasteiger partial charge in [-0.15, -0.1) is 0 Å². The average molecular weight is 300 g/mol. The van der Waals surface area contributed by atoms with Crippen LogP contribution >= 0.6 is 0 Å². The average Bonchev–Trinajstić information content (AvgIpc) is 2.82. The van der Waals surface area contributed by atoms with E-state index in [4.69, 9.17) is 0 Å². The summed E-state index contributed by atoms with van der Waals surface area (Å²) in [5.41, 5.74) is 1.77. The van der Waals surface area contributed by atoms with E-state index >= 15 is 0 Å². The van der Waals surface area contributed by atoms with Crippen molar-refractivity contribution in [2.45, 2.75) is 58.5 Å². The van der Waals surface area contributed by atoms with Crippen molar-refractivity contribution in [2.75, 3.05) is 0 Å². The minimum Gasteiger partial charge on any atom is -0.393 e. The van der Waals surface area contributed by atoms with E-state index < -0.39 is 0 Å². The molecule has 0 aromatic carbocycles. The normalized spacial score (nSPS) is 53.2. The van der Waals surface area contributed by atoms with Gasteiger partial charge in [0.2, 0.25) is 0 Å². The van der Waals surface area contributed by atoms with E-state index in [1.54, 1.807) is 0 Å². The van der Waals surface area contributed by atoms with Crippen LogP contribution in [0.25, 0.3) is 0 Å². The van der Waals surface area contributed by atoms with Crippen molar-refractivity contribution in [1.82, 2.24) is 0 Å². The van der Waals surface area contributed by atoms with Crippen molar-refractivity contribution in [3.8, 4) is 0 Å². The molecule has 4 aliphatic rings. The maximum Gasteiger partial charge on any atom is 0.126 e. The molecule has 0 aromatic rings. The monoisotopic (exact) mass is 300 g/mol. The second kappa shape index (κ2) is 4.80. The highest BCUT2D eigenvalue weighted by atomic mass is 16.3. The van der Waals surface area contributed by atoms with Gasteiger partial charge in [0.25, 0.3) is 0 Å². The summed E-state index contributed by atoms with van der Waals surface area (Å²) >= 11 is 0. The van der Waals surface area contributed by atoms with Crippen LogP contribution in [0.4, 0.5) is 0 Å². The lowest BCUT2D eigenvalue weighted by Crippen LogP contribution is -2.49. The highest BCUT2D eigenvalue weighted by Gasteiger charge is 2.57. The minimum atomic E-state index is -0.109. The maximum absolute atomic E-state index is 11.2. The Bertz CT molecular complexity index is 548. The van der Waals surface area contributed by atoms with Gasteiger partial charge in [0.05, 0.1) is 6.10 Å². The van der Waals surface area contributed by atoms with Gasteiger partial charge in [0.1, 0.15) is 6.29 Å². The molecule has 2 unspecified atom stereocenters. The maximum atomic E-state index is 11.2. The van der Waals surface area contributed by atoms with E-state index in [1.807, 2.05) is 0 Å². The molecule has 4 rings (SSSR count). The number of fused-ring (bicyclic) bond motifs is 5. The molecule has 120 valence electrons. The Kier molecular flexibility index (Phi) is 3.21. The summed E-state index contributed by atoms with van der Waals surface area (Å²) in [4.78, 5) is 11.2. The molecule has 0 amide bonds. The molecule has 0 radical (unpaired) electrons. The number of rotatable bonds is 1. The fourth-order valence-electron chi connectivity index (χ4n) is 6.26. The second-order valence-electron chi connectivity index (χ2n) is 8.67. The van der Waals surface area contributed by atoms with Gasteiger partial charge >= 0.3 is 0 Å². The third-order valence-corrected chi connectivity index (χ3v) is 7.82. The minimum absolute atomic E-state index is 0.109. The first-order valence-electron chi connectivity index (χ1n) is 9.03. The van der Waals surface area contributed by atoms with Gasteiger partial charge in [-0.3, -0.25) is 0 Å². The predicted octanol–water partition coefficient (Wildman–Crippen LogP) is 3.90. The van der Waals surface area contributed by atoms with Gasteiger partial charge in [-0.25, -0.2) is 0 Å². The SMILES string of the molecule is C[C@]12CCC(C=O)C=C1C=C[C@@H]1[C@@H]2CC[C@]2(C)C(O)CC[C@@H]12. The molecule has 2 fully saturated rings. The zero-order chi connectivity index (χ0) is 15.5. The first-order valence-corrected chi connectivity index (χ1v) is 9.03. The zero-order valence-corrected chi connectivity index (χ0v) is 13.8. The number of aliphatic hydroxyl groups is 1. The zero-order valence-electron chi connectivity index (χ0n) is 13.8. The van der Waals surface area contributed by atoms with E-state index in [-0.39, 0.29) is 22.9 Å². The molecular weight excluding hydrogens is 272 g/mol. The number of hydrogen-bond donors (Lipinski definition) is 1. The van der Waals surface area contributed by atoms with Crippen molar-refractivity contribution >= 4 is 6.29 Å². The van der Waals surface area contributed by atoms with Crippen LogP contribution in [-0.4, -0.2) is 17.5 Å². The first-order chi connectivity index (χ1) is 10.5. The van der Waals surface area contributed by atoms with Crippen molar-refractivity contribution in [1.29, 1.82) is 0 Å². The number of aliphatic hydroxyl groups excluding tert-OH is 1. The summed E-state index contributed by atoms with van der Waals surface area (Å²) in [5.74, 6) is 2.07. The van der Waals surface area contributed by atoms with Crippen LogP contribution < -0.4 is 0 Å². The van der Waals surface area contributed by atoms with Crippen LogP contribution in [0.1, 0.15) is 52.4 Å². The van der Waals surface area contributed by atoms with Gasteiger partial charge in [0.15, 0.2) is 0 Å². The van der Waals surface area contributed by atoms with Crippen molar-refractivity contribution in [3.63, 3.8) is 0 Å². The molecule has 0 bridgehead atoms. The fourth-order valence-corrected chi connectivity index (χ4v) is 6.26. The molecule has 1 N–H and O–H groups in total. The van der Waals surface area contributed by atoms with Gasteiger partial charge in [0, 0.05) is 5.92 Å². The summed E-state index contributed by atoms with van der Waals surface area (Å²) in [6.45, 7) is 4.74. The van der Waals surface area contributed by atoms with E-state index in [2.05, 4.69) is 32.1 Å². The van der Waals surface area contributed by atoms with Crippen molar-refractivity contribution < 1.29 is 9.90 Å². The van der Waals surface area contributed by atoms with E-state index in [9.17, 15) is 9.90 Å². The molecule has 2 nitrogen and oxygen atoms in total. The predicted molar refractivity (Wildman–Crippen MR) is 87.2 cm³/mol. The Hall–Kier alpha value is -0.890. The molecule has 0 heterocycles. The molecule has 7 atom stereocenters. The Morgan fingerprint density at radius 1 is 1.14 bits per heavy atom. The number of hydrogen-bond acceptors (Lipinski definition) is 2. The molecule has 0 saturated heterocycles. The number of aldehydes is 1. The molecule has 2 heteroatoms. The van der Waals surface area contributed by atoms with Crippen LogP contribution in [0.3, 0.4) is 0 Å². The summed E-state index contributed by atoms with van der Waals surface area (Å²) in [6, 6.07) is 0. The Morgan fingerprint density at radius 2 is 1.95 bits per heavy atom. The van der Waals surface area contributed by atoms with Crippen LogP contribution in [0, 0.1) is 34.5 Å². The summed E-state index contributed by atoms with van der Waals surface area (Å²) in [6.07, 6.45) is 14.6. The number of carbonyl (C=O) groups excluding carboxylic acids is 1. The Morgan fingerprint density at radius 3 is 2.73 bits per heavy atom. The summed E-state index contributed by atoms with van der Waals surface area (Å²) in [5, 5.41) is 10.5. The van der Waals surface area contributed by atoms with Gasteiger partial charge in [-0.1, -0.05) is 32.1 Å². The second-order valence-corrected chi connectivity index (χ2v) is 8.67. The molecule has 0 spiro atoms. The van der Waals surface area contributed by atoms with E-state index in [0.29, 0.717) is 17.8 Å².